The number of fused-ring (bicyclic) bond motifs is 4. The van der Waals surface area contributed by atoms with Crippen molar-refractivity contribution < 1.29 is 9.59 Å². The smallest absolute Gasteiger partial charge is 0.261 e. The average molecular weight is 453 g/mol. The molecule has 0 aliphatic carbocycles. The molecule has 0 atom stereocenters. The highest BCUT2D eigenvalue weighted by molar-refractivity contribution is 7.83. The lowest BCUT2D eigenvalue weighted by molar-refractivity contribution is 0.0650. The molecule has 0 bridgehead atoms. The van der Waals surface area contributed by atoms with E-state index >= 15 is 0 Å². The Morgan fingerprint density at radius 3 is 1.77 bits per heavy atom. The summed E-state index contributed by atoms with van der Waals surface area (Å²) in [5.74, 6) is -0.465. The molecule has 26 heavy (non-hydrogen) atoms. The monoisotopic (exact) mass is 452 g/mol. The van der Waals surface area contributed by atoms with Gasteiger partial charge in [-0.3, -0.25) is 14.5 Å². The fourth-order valence-electron chi connectivity index (χ4n) is 3.24. The highest BCUT2D eigenvalue weighted by Crippen LogP contribution is 2.42. The SMILES string of the molecule is O=C1c2ccccc2C(=O)N1CCn1c2c(=S)ssc2c2ssc(=S)c21. The Bertz CT molecular complexity index is 1240. The minimum Gasteiger partial charge on any atom is -0.333 e. The maximum atomic E-state index is 12.6. The molecule has 4 aromatic rings. The first-order valence-electron chi connectivity index (χ1n) is 7.57. The molecular weight excluding hydrogens is 445 g/mol. The number of rotatable bonds is 3. The number of carbonyl (C=O) groups excluding carboxylic acids is 2. The summed E-state index contributed by atoms with van der Waals surface area (Å²) in [5, 5.41) is 0. The van der Waals surface area contributed by atoms with Crippen LogP contribution in [0.1, 0.15) is 20.7 Å². The molecule has 10 heteroatoms. The summed E-state index contributed by atoms with van der Waals surface area (Å²) in [7, 11) is 6.49. The van der Waals surface area contributed by atoms with Gasteiger partial charge in [-0.05, 0) is 12.1 Å². The summed E-state index contributed by atoms with van der Waals surface area (Å²) in [4.78, 5) is 26.5. The van der Waals surface area contributed by atoms with Crippen molar-refractivity contribution in [3.05, 3.63) is 43.0 Å². The first kappa shape index (κ1) is 16.8. The average Bonchev–Trinajstić information content (AvgIpc) is 3.34. The second-order valence-electron chi connectivity index (χ2n) is 5.72. The third kappa shape index (κ3) is 2.26. The maximum Gasteiger partial charge on any atom is 0.261 e. The number of benzene rings is 1. The molecule has 0 unspecified atom stereocenters. The van der Waals surface area contributed by atoms with Crippen LogP contribution in [0, 0.1) is 7.65 Å². The van der Waals surface area contributed by atoms with Gasteiger partial charge in [0.2, 0.25) is 0 Å². The van der Waals surface area contributed by atoms with E-state index in [1.54, 1.807) is 65.6 Å². The van der Waals surface area contributed by atoms with Gasteiger partial charge in [0.05, 0.1) is 31.6 Å². The first-order chi connectivity index (χ1) is 12.6. The molecule has 4 heterocycles. The molecule has 1 aliphatic heterocycles. The lowest BCUT2D eigenvalue weighted by Crippen LogP contribution is -2.32. The van der Waals surface area contributed by atoms with Crippen LogP contribution in [0.2, 0.25) is 0 Å². The number of imide groups is 1. The van der Waals surface area contributed by atoms with Crippen molar-refractivity contribution in [1.82, 2.24) is 9.47 Å². The molecule has 2 amide bonds. The third-order valence-corrected chi connectivity index (χ3v) is 10.5. The summed E-state index contributed by atoms with van der Waals surface area (Å²) in [6.07, 6.45) is 0. The van der Waals surface area contributed by atoms with Crippen molar-refractivity contribution in [2.24, 2.45) is 0 Å². The minimum atomic E-state index is -0.233. The van der Waals surface area contributed by atoms with Gasteiger partial charge >= 0.3 is 0 Å². The van der Waals surface area contributed by atoms with Crippen LogP contribution in [0.15, 0.2) is 24.3 Å². The Morgan fingerprint density at radius 2 is 1.27 bits per heavy atom. The number of nitrogens with zero attached hydrogens (tertiary/aromatic N) is 2. The molecule has 0 spiro atoms. The van der Waals surface area contributed by atoms with Gasteiger partial charge in [0, 0.05) is 13.1 Å². The maximum absolute atomic E-state index is 12.6. The van der Waals surface area contributed by atoms with E-state index in [4.69, 9.17) is 24.4 Å². The Morgan fingerprint density at radius 1 is 0.769 bits per heavy atom. The van der Waals surface area contributed by atoms with Gasteiger partial charge in [-0.15, -0.1) is 0 Å². The molecule has 1 aromatic carbocycles. The normalized spacial score (nSPS) is 14.1. The third-order valence-electron chi connectivity index (χ3n) is 4.39. The van der Waals surface area contributed by atoms with Gasteiger partial charge < -0.3 is 4.57 Å². The van der Waals surface area contributed by atoms with Crippen LogP contribution in [0.25, 0.3) is 20.4 Å². The molecule has 5 rings (SSSR count). The Labute approximate surface area is 172 Å². The van der Waals surface area contributed by atoms with Gasteiger partial charge in [0.1, 0.15) is 7.65 Å². The highest BCUT2D eigenvalue weighted by Gasteiger charge is 2.35. The lowest BCUT2D eigenvalue weighted by atomic mass is 10.1. The topological polar surface area (TPSA) is 42.3 Å². The Hall–Kier alpha value is -1.30. The molecule has 0 fully saturated rings. The Kier molecular flexibility index (Phi) is 3.96. The minimum absolute atomic E-state index is 0.233. The number of hydrogen-bond acceptors (Lipinski definition) is 8. The number of carbonyl (C=O) groups is 2. The molecule has 1 aliphatic rings. The first-order valence-corrected chi connectivity index (χ1v) is 12.7. The van der Waals surface area contributed by atoms with E-state index in [-0.39, 0.29) is 11.8 Å². The second kappa shape index (κ2) is 6.11. The summed E-state index contributed by atoms with van der Waals surface area (Å²) < 4.78 is 6.08. The van der Waals surface area contributed by atoms with Gasteiger partial charge in [-0.2, -0.15) is 0 Å². The zero-order valence-electron chi connectivity index (χ0n) is 12.9. The summed E-state index contributed by atoms with van der Waals surface area (Å²) in [6.45, 7) is 0.793. The van der Waals surface area contributed by atoms with E-state index in [9.17, 15) is 9.59 Å². The largest absolute Gasteiger partial charge is 0.333 e. The predicted octanol–water partition coefficient (Wildman–Crippen LogP) is 5.80. The number of hydrogen-bond donors (Lipinski definition) is 0. The highest BCUT2D eigenvalue weighted by atomic mass is 32.9. The molecule has 3 aromatic heterocycles. The predicted molar refractivity (Wildman–Crippen MR) is 114 cm³/mol. The van der Waals surface area contributed by atoms with E-state index in [0.29, 0.717) is 24.2 Å². The zero-order valence-corrected chi connectivity index (χ0v) is 17.8. The van der Waals surface area contributed by atoms with Crippen LogP contribution in [0.4, 0.5) is 0 Å². The quantitative estimate of drug-likeness (QED) is 0.224. The second-order valence-corrected chi connectivity index (χ2v) is 11.4. The molecular formula is C16H8N2O2S6. The van der Waals surface area contributed by atoms with Gasteiger partial charge in [-0.25, -0.2) is 0 Å². The zero-order chi connectivity index (χ0) is 18.0. The lowest BCUT2D eigenvalue weighted by Gasteiger charge is -2.15. The molecule has 4 nitrogen and oxygen atoms in total. The van der Waals surface area contributed by atoms with Gasteiger partial charge in [-0.1, -0.05) is 77.9 Å². The van der Waals surface area contributed by atoms with Crippen molar-refractivity contribution >= 4 is 98.0 Å². The van der Waals surface area contributed by atoms with Crippen LogP contribution in [0.3, 0.4) is 0 Å². The van der Waals surface area contributed by atoms with Crippen molar-refractivity contribution in [3.8, 4) is 0 Å². The van der Waals surface area contributed by atoms with Crippen LogP contribution < -0.4 is 0 Å². The van der Waals surface area contributed by atoms with Crippen molar-refractivity contribution in [2.75, 3.05) is 6.54 Å². The number of aromatic nitrogens is 1. The van der Waals surface area contributed by atoms with Crippen LogP contribution in [0.5, 0.6) is 0 Å². The summed E-state index contributed by atoms with van der Waals surface area (Å²) in [5.41, 5.74) is 2.96. The molecule has 0 saturated carbocycles. The van der Waals surface area contributed by atoms with E-state index in [1.807, 2.05) is 0 Å². The van der Waals surface area contributed by atoms with Crippen molar-refractivity contribution in [3.63, 3.8) is 0 Å². The van der Waals surface area contributed by atoms with E-state index < -0.39 is 0 Å². The fourth-order valence-corrected chi connectivity index (χ4v) is 9.33. The fraction of sp³-hybridized carbons (Fsp3) is 0.125. The number of amides is 2. The molecule has 130 valence electrons. The molecule has 0 N–H and O–H groups in total. The molecule has 0 radical (unpaired) electrons. The van der Waals surface area contributed by atoms with Crippen molar-refractivity contribution in [1.29, 1.82) is 0 Å². The van der Waals surface area contributed by atoms with E-state index in [0.717, 1.165) is 28.1 Å². The summed E-state index contributed by atoms with van der Waals surface area (Å²) >= 11 is 11.0. The van der Waals surface area contributed by atoms with Gasteiger partial charge in [0.25, 0.3) is 11.8 Å². The van der Waals surface area contributed by atoms with E-state index in [2.05, 4.69) is 4.57 Å². The van der Waals surface area contributed by atoms with Crippen LogP contribution >= 0.6 is 65.8 Å². The van der Waals surface area contributed by atoms with Crippen LogP contribution in [-0.2, 0) is 6.54 Å². The van der Waals surface area contributed by atoms with Gasteiger partial charge in [0.15, 0.2) is 0 Å². The summed E-state index contributed by atoms with van der Waals surface area (Å²) in [6, 6.07) is 6.95. The Balaban J connectivity index is 1.57. The van der Waals surface area contributed by atoms with E-state index in [1.165, 1.54) is 4.90 Å². The van der Waals surface area contributed by atoms with Crippen LogP contribution in [-0.4, -0.2) is 27.8 Å². The standard InChI is InChI=1S/C16H8N2O2S6/c19-13-7-3-1-2-4-8(7)14(20)18(13)6-5-17-9-11(23-25-15(9)21)12-10(17)16(22)26-24-12/h1-4H,5-6H2. The molecule has 0 saturated heterocycles. The van der Waals surface area contributed by atoms with Crippen molar-refractivity contribution in [2.45, 2.75) is 6.54 Å².